The maximum Gasteiger partial charge on any atom is 0.416 e. The Morgan fingerprint density at radius 3 is 2.57 bits per heavy atom. The van der Waals surface area contributed by atoms with Crippen molar-refractivity contribution >= 4 is 17.5 Å². The maximum atomic E-state index is 12.7. The first-order valence-corrected chi connectivity index (χ1v) is 8.33. The van der Waals surface area contributed by atoms with Crippen LogP contribution in [-0.4, -0.2) is 33.7 Å². The van der Waals surface area contributed by atoms with Crippen LogP contribution in [0.1, 0.15) is 5.56 Å². The Hall–Kier alpha value is -3.56. The van der Waals surface area contributed by atoms with E-state index in [1.165, 1.54) is 18.5 Å². The lowest BCUT2D eigenvalue weighted by Crippen LogP contribution is -2.32. The third-order valence-electron chi connectivity index (χ3n) is 3.69. The molecule has 28 heavy (non-hydrogen) atoms. The molecule has 146 valence electrons. The van der Waals surface area contributed by atoms with Gasteiger partial charge in [0.1, 0.15) is 18.0 Å². The van der Waals surface area contributed by atoms with E-state index in [-0.39, 0.29) is 12.2 Å². The van der Waals surface area contributed by atoms with Crippen molar-refractivity contribution in [2.45, 2.75) is 6.18 Å². The SMILES string of the molecule is O=C(NCCNc1cc(-n2cccc2)ncn1)Nc1cccc(C(F)(F)F)c1. The van der Waals surface area contributed by atoms with Crippen molar-refractivity contribution in [2.24, 2.45) is 0 Å². The summed E-state index contributed by atoms with van der Waals surface area (Å²) in [6.07, 6.45) is 0.665. The van der Waals surface area contributed by atoms with Gasteiger partial charge in [-0.25, -0.2) is 14.8 Å². The van der Waals surface area contributed by atoms with Crippen molar-refractivity contribution in [2.75, 3.05) is 23.7 Å². The first-order valence-electron chi connectivity index (χ1n) is 8.33. The zero-order valence-corrected chi connectivity index (χ0v) is 14.6. The first-order chi connectivity index (χ1) is 13.4. The second-order valence-corrected chi connectivity index (χ2v) is 5.74. The van der Waals surface area contributed by atoms with Gasteiger partial charge in [0.25, 0.3) is 0 Å². The summed E-state index contributed by atoms with van der Waals surface area (Å²) in [4.78, 5) is 20.1. The van der Waals surface area contributed by atoms with E-state index in [1.807, 2.05) is 29.1 Å². The number of rotatable bonds is 6. The van der Waals surface area contributed by atoms with E-state index in [0.717, 1.165) is 12.1 Å². The van der Waals surface area contributed by atoms with E-state index < -0.39 is 17.8 Å². The molecule has 7 nitrogen and oxygen atoms in total. The lowest BCUT2D eigenvalue weighted by Gasteiger charge is -2.11. The lowest BCUT2D eigenvalue weighted by molar-refractivity contribution is -0.137. The van der Waals surface area contributed by atoms with Crippen LogP contribution in [0.25, 0.3) is 5.82 Å². The molecular weight excluding hydrogens is 373 g/mol. The fraction of sp³-hybridized carbons (Fsp3) is 0.167. The van der Waals surface area contributed by atoms with Gasteiger partial charge >= 0.3 is 12.2 Å². The van der Waals surface area contributed by atoms with Crippen LogP contribution in [0.2, 0.25) is 0 Å². The zero-order chi connectivity index (χ0) is 20.0. The molecule has 0 spiro atoms. The van der Waals surface area contributed by atoms with Crippen LogP contribution < -0.4 is 16.0 Å². The number of benzene rings is 1. The molecule has 1 aromatic carbocycles. The van der Waals surface area contributed by atoms with Crippen LogP contribution >= 0.6 is 0 Å². The summed E-state index contributed by atoms with van der Waals surface area (Å²) in [5, 5.41) is 7.97. The normalized spacial score (nSPS) is 11.1. The largest absolute Gasteiger partial charge is 0.416 e. The Kier molecular flexibility index (Phi) is 5.78. The van der Waals surface area contributed by atoms with E-state index in [1.54, 1.807) is 6.07 Å². The van der Waals surface area contributed by atoms with Crippen molar-refractivity contribution < 1.29 is 18.0 Å². The predicted octanol–water partition coefficient (Wildman–Crippen LogP) is 3.52. The first kappa shape index (κ1) is 19.2. The van der Waals surface area contributed by atoms with Gasteiger partial charge in [-0.05, 0) is 30.3 Å². The number of anilines is 2. The molecule has 0 fully saturated rings. The molecule has 2 heterocycles. The number of urea groups is 1. The number of halogens is 3. The highest BCUT2D eigenvalue weighted by molar-refractivity contribution is 5.89. The maximum absolute atomic E-state index is 12.7. The lowest BCUT2D eigenvalue weighted by atomic mass is 10.2. The van der Waals surface area contributed by atoms with Crippen molar-refractivity contribution in [3.8, 4) is 5.82 Å². The molecule has 0 aliphatic heterocycles. The molecule has 2 aromatic heterocycles. The molecule has 0 aliphatic rings. The molecule has 0 unspecified atom stereocenters. The second-order valence-electron chi connectivity index (χ2n) is 5.74. The van der Waals surface area contributed by atoms with Gasteiger partial charge in [0.2, 0.25) is 0 Å². The topological polar surface area (TPSA) is 83.9 Å². The molecule has 0 aliphatic carbocycles. The number of alkyl halides is 3. The number of nitrogens with zero attached hydrogens (tertiary/aromatic N) is 3. The van der Waals surface area contributed by atoms with Crippen molar-refractivity contribution in [1.29, 1.82) is 0 Å². The minimum atomic E-state index is -4.46. The summed E-state index contributed by atoms with van der Waals surface area (Å²) in [7, 11) is 0. The Bertz CT molecular complexity index is 927. The van der Waals surface area contributed by atoms with Crippen LogP contribution in [0.5, 0.6) is 0 Å². The number of carbonyl (C=O) groups is 1. The third-order valence-corrected chi connectivity index (χ3v) is 3.69. The fourth-order valence-corrected chi connectivity index (χ4v) is 2.39. The third kappa shape index (κ3) is 5.22. The van der Waals surface area contributed by atoms with Crippen molar-refractivity contribution in [3.63, 3.8) is 0 Å². The summed E-state index contributed by atoms with van der Waals surface area (Å²) >= 11 is 0. The average molecular weight is 390 g/mol. The van der Waals surface area contributed by atoms with Gasteiger partial charge < -0.3 is 20.5 Å². The number of nitrogens with one attached hydrogen (secondary N) is 3. The highest BCUT2D eigenvalue weighted by atomic mass is 19.4. The molecular formula is C18H17F3N6O. The van der Waals surface area contributed by atoms with Crippen molar-refractivity contribution in [1.82, 2.24) is 19.9 Å². The molecule has 3 aromatic rings. The smallest absolute Gasteiger partial charge is 0.368 e. The number of hydrogen-bond donors (Lipinski definition) is 3. The molecule has 10 heteroatoms. The van der Waals surface area contributed by atoms with Gasteiger partial charge in [-0.2, -0.15) is 13.2 Å². The van der Waals surface area contributed by atoms with Crippen LogP contribution in [0.4, 0.5) is 29.5 Å². The van der Waals surface area contributed by atoms with Gasteiger partial charge in [-0.1, -0.05) is 6.07 Å². The van der Waals surface area contributed by atoms with Gasteiger partial charge in [0, 0.05) is 37.2 Å². The van der Waals surface area contributed by atoms with Gasteiger partial charge in [0.15, 0.2) is 0 Å². The van der Waals surface area contributed by atoms with Crippen LogP contribution in [0.3, 0.4) is 0 Å². The number of aromatic nitrogens is 3. The summed E-state index contributed by atoms with van der Waals surface area (Å²) in [5.74, 6) is 1.27. The van der Waals surface area contributed by atoms with E-state index in [9.17, 15) is 18.0 Å². The number of amides is 2. The number of carbonyl (C=O) groups excluding carboxylic acids is 1. The summed E-state index contributed by atoms with van der Waals surface area (Å²) in [5.41, 5.74) is -0.762. The molecule has 0 radical (unpaired) electrons. The number of hydrogen-bond acceptors (Lipinski definition) is 4. The highest BCUT2D eigenvalue weighted by Gasteiger charge is 2.30. The average Bonchev–Trinajstić information content (AvgIpc) is 3.20. The molecule has 2 amide bonds. The summed E-state index contributed by atoms with van der Waals surface area (Å²) < 4.78 is 39.9. The molecule has 0 saturated heterocycles. The van der Waals surface area contributed by atoms with Gasteiger partial charge in [-0.3, -0.25) is 0 Å². The van der Waals surface area contributed by atoms with Gasteiger partial charge in [0.05, 0.1) is 5.56 Å². The minimum absolute atomic E-state index is 0.0625. The van der Waals surface area contributed by atoms with E-state index >= 15 is 0 Å². The van der Waals surface area contributed by atoms with E-state index in [0.29, 0.717) is 18.2 Å². The molecule has 0 bridgehead atoms. The predicted molar refractivity (Wildman–Crippen MR) is 98.3 cm³/mol. The van der Waals surface area contributed by atoms with E-state index in [4.69, 9.17) is 0 Å². The summed E-state index contributed by atoms with van der Waals surface area (Å²) in [6, 6.07) is 9.34. The van der Waals surface area contributed by atoms with E-state index in [2.05, 4.69) is 25.9 Å². The molecule has 0 atom stereocenters. The Morgan fingerprint density at radius 1 is 1.04 bits per heavy atom. The van der Waals surface area contributed by atoms with Crippen LogP contribution in [0.15, 0.2) is 61.2 Å². The standard InChI is InChI=1S/C18H17F3N6O/c19-18(20,21)13-4-3-5-14(10-13)26-17(28)23-7-6-22-15-11-16(25-12-24-15)27-8-1-2-9-27/h1-5,8-12H,6-7H2,(H,22,24,25)(H2,23,26,28). The summed E-state index contributed by atoms with van der Waals surface area (Å²) in [6.45, 7) is 0.617. The fourth-order valence-electron chi connectivity index (χ4n) is 2.39. The Labute approximate surface area is 158 Å². The zero-order valence-electron chi connectivity index (χ0n) is 14.6. The van der Waals surface area contributed by atoms with Crippen LogP contribution in [0, 0.1) is 0 Å². The highest BCUT2D eigenvalue weighted by Crippen LogP contribution is 2.30. The molecule has 0 saturated carbocycles. The minimum Gasteiger partial charge on any atom is -0.368 e. The Balaban J connectivity index is 1.46. The van der Waals surface area contributed by atoms with Crippen molar-refractivity contribution in [3.05, 3.63) is 66.7 Å². The van der Waals surface area contributed by atoms with Crippen LogP contribution in [-0.2, 0) is 6.18 Å². The monoisotopic (exact) mass is 390 g/mol. The molecule has 3 rings (SSSR count). The molecule has 3 N–H and O–H groups in total. The van der Waals surface area contributed by atoms with Gasteiger partial charge in [-0.15, -0.1) is 0 Å². The quantitative estimate of drug-likeness (QED) is 0.563. The Morgan fingerprint density at radius 2 is 1.82 bits per heavy atom. The second kappa shape index (κ2) is 8.42.